The number of thiophene rings is 6. The number of carbonyl (C=O) groups excluding carboxylic acids is 2. The van der Waals surface area contributed by atoms with Crippen molar-refractivity contribution in [3.05, 3.63) is 143 Å². The maximum Gasteiger partial charge on any atom is 0.270 e. The lowest BCUT2D eigenvalue weighted by molar-refractivity contribution is 0.103. The molecule has 88 heavy (non-hydrogen) atoms. The van der Waals surface area contributed by atoms with Crippen LogP contribution in [-0.2, 0) is 10.8 Å². The van der Waals surface area contributed by atoms with E-state index in [0.717, 1.165) is 69.8 Å². The number of rotatable bonds is 30. The molecule has 6 heterocycles. The first-order valence-electron chi connectivity index (χ1n) is 32.7. The molecule has 4 aliphatic carbocycles. The highest BCUT2D eigenvalue weighted by Crippen LogP contribution is 2.67. The monoisotopic (exact) mass is 1340 g/mol. The lowest BCUT2D eigenvalue weighted by atomic mass is 9.68. The molecule has 0 bridgehead atoms. The second-order valence-electron chi connectivity index (χ2n) is 25.0. The number of Topliss-reactive ketones (excluding diaryl/α,β-unsaturated/α-hetero) is 2. The van der Waals surface area contributed by atoms with Gasteiger partial charge < -0.3 is 0 Å². The van der Waals surface area contributed by atoms with Crippen molar-refractivity contribution in [2.45, 2.75) is 225 Å². The Kier molecular flexibility index (Phi) is 20.8. The standard InChI is InChI=1S/C75H79BrN4O2S6/c1-8-12-16-20-24-28-32-74(33-29-25-21-17-13-9-2)55-42-50-56(41-49(55)68-64(74)72-59(86-68)39-47(84-72)37-51-62(57(44-77)79-6)53-36-46(5)83-70(53)66(51)81)75(34-30-26-22-18-14-10-3,35-31-27-23-19-15-11-4)65-69(50)87-60-40-48(85-73(60)65)38-52-63(58(45-78)80-7)54-43-61(76)88-71(54)67(52)82/h36-43H,8-35H2,1-5H3/b51-37?,52-38?,62-57+,63-58-. The zero-order valence-corrected chi connectivity index (χ0v) is 58.3. The Morgan fingerprint density at radius 1 is 0.477 bits per heavy atom. The molecule has 11 rings (SSSR count). The number of benzene rings is 1. The first-order valence-corrected chi connectivity index (χ1v) is 38.4. The number of carbonyl (C=O) groups is 2. The van der Waals surface area contributed by atoms with E-state index in [0.29, 0.717) is 43.2 Å². The molecule has 0 amide bonds. The lowest BCUT2D eigenvalue weighted by Gasteiger charge is -2.35. The average molecular weight is 1340 g/mol. The van der Waals surface area contributed by atoms with Crippen molar-refractivity contribution in [2.75, 3.05) is 0 Å². The summed E-state index contributed by atoms with van der Waals surface area (Å²) in [7, 11) is 0. The molecule has 0 saturated heterocycles. The maximum absolute atomic E-state index is 14.4. The van der Waals surface area contributed by atoms with Crippen LogP contribution in [0.4, 0.5) is 0 Å². The molecule has 1 aromatic carbocycles. The number of allylic oxidation sites excluding steroid dienone is 6. The van der Waals surface area contributed by atoms with Gasteiger partial charge in [0.05, 0.1) is 48.2 Å². The summed E-state index contributed by atoms with van der Waals surface area (Å²) in [6, 6.07) is 18.2. The molecule has 6 nitrogen and oxygen atoms in total. The molecule has 13 heteroatoms. The Morgan fingerprint density at radius 2 is 0.841 bits per heavy atom. The van der Waals surface area contributed by atoms with Crippen molar-refractivity contribution in [3.8, 4) is 33.0 Å². The van der Waals surface area contributed by atoms with Crippen LogP contribution in [-0.4, -0.2) is 11.6 Å². The Balaban J connectivity index is 1.10. The zero-order chi connectivity index (χ0) is 61.7. The SMILES string of the molecule is [C-]#[N+]/C(C#N)=C1/C(=Cc2cc3sc4c(c3s2)C(CCCCCCCC)(CCCCCCCC)c2cc3c(cc2-4)C(CCCCCCCC)(CCCCCCCC)c2c-3sc3cc(C=C4C(=O)c5sc(C)cc5/C4=C(\C#N)[N+]#[C-])sc23)C(=O)c2sc(Br)cc21. The van der Waals surface area contributed by atoms with E-state index in [1.165, 1.54) is 213 Å². The molecular formula is C75H79BrN4O2S6. The van der Waals surface area contributed by atoms with Crippen molar-refractivity contribution >= 4 is 138 Å². The third-order valence-corrected chi connectivity index (χ3v) is 26.7. The molecular weight excluding hydrogens is 1260 g/mol. The molecule has 0 fully saturated rings. The fourth-order valence-electron chi connectivity index (χ4n) is 15.0. The third-order valence-electron chi connectivity index (χ3n) is 19.2. The molecule has 0 atom stereocenters. The fourth-order valence-corrected chi connectivity index (χ4v) is 23.2. The highest BCUT2D eigenvalue weighted by Gasteiger charge is 2.51. The summed E-state index contributed by atoms with van der Waals surface area (Å²) in [6.45, 7) is 27.2. The van der Waals surface area contributed by atoms with Crippen LogP contribution in [0.5, 0.6) is 0 Å². The highest BCUT2D eigenvalue weighted by atomic mass is 79.9. The van der Waals surface area contributed by atoms with Gasteiger partial charge in [-0.3, -0.25) is 9.59 Å². The number of fused-ring (bicyclic) bond motifs is 12. The molecule has 0 N–H and O–H groups in total. The van der Waals surface area contributed by atoms with Crippen LogP contribution in [0.3, 0.4) is 0 Å². The van der Waals surface area contributed by atoms with Crippen molar-refractivity contribution < 1.29 is 9.59 Å². The molecule has 0 unspecified atom stereocenters. The Bertz CT molecular complexity index is 3820. The Morgan fingerprint density at radius 3 is 1.22 bits per heavy atom. The molecule has 6 aromatic heterocycles. The summed E-state index contributed by atoms with van der Waals surface area (Å²) in [5.41, 5.74) is 11.6. The number of nitrogens with zero attached hydrogens (tertiary/aromatic N) is 4. The van der Waals surface area contributed by atoms with Crippen LogP contribution in [0.25, 0.3) is 72.7 Å². The zero-order valence-electron chi connectivity index (χ0n) is 51.9. The second kappa shape index (κ2) is 28.5. The summed E-state index contributed by atoms with van der Waals surface area (Å²) in [5, 5.41) is 20.5. The molecule has 4 aliphatic rings. The van der Waals surface area contributed by atoms with Gasteiger partial charge in [0.1, 0.15) is 0 Å². The van der Waals surface area contributed by atoms with Gasteiger partial charge in [0, 0.05) is 66.9 Å². The summed E-state index contributed by atoms with van der Waals surface area (Å²) >= 11 is 13.9. The number of halogens is 1. The lowest BCUT2D eigenvalue weighted by Crippen LogP contribution is -2.27. The van der Waals surface area contributed by atoms with Gasteiger partial charge in [-0.2, -0.15) is 0 Å². The number of unbranched alkanes of at least 4 members (excludes halogenated alkanes) is 20. The molecule has 7 aromatic rings. The van der Waals surface area contributed by atoms with E-state index < -0.39 is 0 Å². The first kappa shape index (κ1) is 64.2. The summed E-state index contributed by atoms with van der Waals surface area (Å²) < 4.78 is 5.96. The minimum absolute atomic E-state index is 0.0305. The van der Waals surface area contributed by atoms with Gasteiger partial charge in [-0.1, -0.05) is 182 Å². The van der Waals surface area contributed by atoms with E-state index in [1.807, 2.05) is 53.9 Å². The van der Waals surface area contributed by atoms with E-state index in [9.17, 15) is 20.1 Å². The van der Waals surface area contributed by atoms with Gasteiger partial charge in [-0.25, -0.2) is 20.2 Å². The smallest absolute Gasteiger partial charge is 0.270 e. The quantitative estimate of drug-likeness (QED) is 0.0194. The van der Waals surface area contributed by atoms with E-state index >= 15 is 0 Å². The largest absolute Gasteiger partial charge is 0.288 e. The normalized spacial score (nSPS) is 16.9. The van der Waals surface area contributed by atoms with Crippen molar-refractivity contribution in [1.29, 1.82) is 10.5 Å². The van der Waals surface area contributed by atoms with Crippen molar-refractivity contribution in [1.82, 2.24) is 0 Å². The topological polar surface area (TPSA) is 90.4 Å². The van der Waals surface area contributed by atoms with Crippen LogP contribution in [0.2, 0.25) is 0 Å². The van der Waals surface area contributed by atoms with Gasteiger partial charge >= 0.3 is 0 Å². The second-order valence-corrected chi connectivity index (χ2v) is 33.0. The van der Waals surface area contributed by atoms with Crippen LogP contribution >= 0.6 is 84.0 Å². The number of aryl methyl sites for hydroxylation is 1. The van der Waals surface area contributed by atoms with Gasteiger partial charge in [-0.15, -0.1) is 68.0 Å². The number of nitriles is 2. The van der Waals surface area contributed by atoms with E-state index in [-0.39, 0.29) is 33.8 Å². The summed E-state index contributed by atoms with van der Waals surface area (Å²) in [5.74, 6) is -0.219. The Hall–Kier alpha value is -5.32. The van der Waals surface area contributed by atoms with Gasteiger partial charge in [0.25, 0.3) is 11.4 Å². The minimum Gasteiger partial charge on any atom is -0.288 e. The van der Waals surface area contributed by atoms with Crippen LogP contribution in [0.15, 0.2) is 62.7 Å². The van der Waals surface area contributed by atoms with E-state index in [4.69, 9.17) is 13.1 Å². The van der Waals surface area contributed by atoms with E-state index in [2.05, 4.69) is 89.7 Å². The van der Waals surface area contributed by atoms with Gasteiger partial charge in [0.15, 0.2) is 0 Å². The highest BCUT2D eigenvalue weighted by molar-refractivity contribution is 9.11. The van der Waals surface area contributed by atoms with Crippen molar-refractivity contribution in [3.63, 3.8) is 0 Å². The molecule has 0 aliphatic heterocycles. The predicted molar refractivity (Wildman–Crippen MR) is 381 cm³/mol. The minimum atomic E-state index is -0.212. The van der Waals surface area contributed by atoms with Crippen LogP contribution in [0.1, 0.15) is 275 Å². The van der Waals surface area contributed by atoms with Gasteiger partial charge in [0.2, 0.25) is 11.6 Å². The Labute approximate surface area is 554 Å². The molecule has 0 radical (unpaired) electrons. The van der Waals surface area contributed by atoms with Crippen LogP contribution in [0, 0.1) is 42.7 Å². The summed E-state index contributed by atoms with van der Waals surface area (Å²) in [4.78, 5) is 43.0. The fraction of sp³-hybridized carbons (Fsp3) is 0.467. The molecule has 454 valence electrons. The van der Waals surface area contributed by atoms with Gasteiger partial charge in [-0.05, 0) is 142 Å². The third kappa shape index (κ3) is 12.0. The van der Waals surface area contributed by atoms with E-state index in [1.54, 1.807) is 22.7 Å². The van der Waals surface area contributed by atoms with Crippen molar-refractivity contribution in [2.24, 2.45) is 0 Å². The number of hydrogen-bond donors (Lipinski definition) is 0. The first-order chi connectivity index (χ1) is 42.9. The number of ketones is 2. The molecule has 0 spiro atoms. The van der Waals surface area contributed by atoms with Crippen LogP contribution < -0.4 is 0 Å². The number of hydrogen-bond acceptors (Lipinski definition) is 10. The maximum atomic E-state index is 14.4. The summed E-state index contributed by atoms with van der Waals surface area (Å²) in [6.07, 6.45) is 37.8. The average Bonchev–Trinajstić information content (AvgIpc) is 1.58. The predicted octanol–water partition coefficient (Wildman–Crippen LogP) is 25.8. The molecule has 0 saturated carbocycles.